The molecule has 1 aromatic heterocycles. The predicted molar refractivity (Wildman–Crippen MR) is 159 cm³/mol. The molecule has 10 heteroatoms. The number of hydrogen-bond donors (Lipinski definition) is 2. The first-order valence-electron chi connectivity index (χ1n) is 13.1. The third-order valence-corrected chi connectivity index (χ3v) is 9.76. The largest absolute Gasteiger partial charge is 0.506 e. The lowest BCUT2D eigenvalue weighted by molar-refractivity contribution is 0.0976. The lowest BCUT2D eigenvalue weighted by Gasteiger charge is -2.37. The molecule has 41 heavy (non-hydrogen) atoms. The Bertz CT molecular complexity index is 1670. The summed E-state index contributed by atoms with van der Waals surface area (Å²) in [7, 11) is -1.56. The predicted octanol–water partition coefficient (Wildman–Crippen LogP) is 6.77. The van der Waals surface area contributed by atoms with Crippen molar-refractivity contribution in [1.82, 2.24) is 4.98 Å². The first-order valence-corrected chi connectivity index (χ1v) is 15.4. The monoisotopic (exact) mass is 589 g/mol. The van der Waals surface area contributed by atoms with Gasteiger partial charge in [-0.3, -0.25) is 13.9 Å². The summed E-state index contributed by atoms with van der Waals surface area (Å²) in [6.07, 6.45) is 0.497. The van der Waals surface area contributed by atoms with Crippen LogP contribution in [0.5, 0.6) is 11.5 Å². The highest BCUT2D eigenvalue weighted by molar-refractivity contribution is 7.89. The zero-order valence-corrected chi connectivity index (χ0v) is 24.1. The number of hydrogen-bond acceptors (Lipinski definition) is 7. The maximum absolute atomic E-state index is 16.1. The fraction of sp³-hybridized carbons (Fsp3) is 0.226. The summed E-state index contributed by atoms with van der Waals surface area (Å²) in [5.41, 5.74) is 3.73. The third kappa shape index (κ3) is 5.25. The van der Waals surface area contributed by atoms with Gasteiger partial charge in [0.15, 0.2) is 0 Å². The quantitative estimate of drug-likeness (QED) is 0.250. The van der Waals surface area contributed by atoms with Crippen LogP contribution in [0.3, 0.4) is 0 Å². The van der Waals surface area contributed by atoms with Crippen molar-refractivity contribution in [2.45, 2.75) is 32.9 Å². The fourth-order valence-electron chi connectivity index (χ4n) is 5.36. The zero-order chi connectivity index (χ0) is 28.7. The lowest BCUT2D eigenvalue weighted by Crippen LogP contribution is -2.39. The van der Waals surface area contributed by atoms with E-state index in [9.17, 15) is 14.1 Å². The molecule has 3 aromatic carbocycles. The number of phenols is 1. The van der Waals surface area contributed by atoms with E-state index in [4.69, 9.17) is 4.74 Å². The molecule has 2 aliphatic rings. The molecule has 0 radical (unpaired) electrons. The number of carbonyl (C=O) groups excluding carboxylic acids is 1. The number of fused-ring (bicyclic) bond motifs is 1. The van der Waals surface area contributed by atoms with Gasteiger partial charge < -0.3 is 15.2 Å². The molecule has 2 N–H and O–H groups in total. The lowest BCUT2D eigenvalue weighted by atomic mass is 9.88. The number of halogens is 1. The zero-order valence-electron chi connectivity index (χ0n) is 22.5. The molecule has 2 unspecified atom stereocenters. The van der Waals surface area contributed by atoms with E-state index in [1.54, 1.807) is 35.2 Å². The number of benzene rings is 3. The number of ether oxygens (including phenoxy) is 1. The minimum Gasteiger partial charge on any atom is -0.506 e. The molecule has 1 amide bonds. The van der Waals surface area contributed by atoms with E-state index < -0.39 is 28.6 Å². The van der Waals surface area contributed by atoms with Crippen LogP contribution >= 0.6 is 11.3 Å². The van der Waals surface area contributed by atoms with Gasteiger partial charge in [-0.05, 0) is 41.7 Å². The van der Waals surface area contributed by atoms with Crippen LogP contribution in [0.4, 0.5) is 15.8 Å². The highest BCUT2D eigenvalue weighted by Crippen LogP contribution is 2.51. The topological polar surface area (TPSA) is 91.8 Å². The van der Waals surface area contributed by atoms with Gasteiger partial charge in [0, 0.05) is 28.5 Å². The summed E-state index contributed by atoms with van der Waals surface area (Å²) >= 11 is 1.26. The second kappa shape index (κ2) is 10.8. The number of anilines is 2. The van der Waals surface area contributed by atoms with E-state index in [0.717, 1.165) is 5.56 Å². The number of carbonyl (C=O) groups is 1. The molecular weight excluding hydrogens is 561 g/mol. The molecule has 0 fully saturated rings. The average Bonchev–Trinajstić information content (AvgIpc) is 3.43. The smallest absolute Gasteiger partial charge is 0.278 e. The first kappa shape index (κ1) is 27.2. The number of phenolic OH excluding ortho intramolecular Hbond substituents is 1. The van der Waals surface area contributed by atoms with Crippen LogP contribution in [0.15, 0.2) is 88.2 Å². The molecule has 0 saturated carbocycles. The SMILES string of the molecule is CC1(C)CC2=C(C(c3ccc(OCc4ccccc4)cc3F)N(C(=O)c3cscn3)c3cccc(O)c3N2)S(=O)C1. The number of aromatic nitrogens is 1. The molecule has 0 saturated heterocycles. The molecule has 6 rings (SSSR count). The second-order valence-corrected chi connectivity index (χ2v) is 13.0. The van der Waals surface area contributed by atoms with E-state index in [0.29, 0.717) is 39.9 Å². The Morgan fingerprint density at radius 3 is 2.73 bits per heavy atom. The van der Waals surface area contributed by atoms with Gasteiger partial charge in [0.1, 0.15) is 41.3 Å². The van der Waals surface area contributed by atoms with Crippen LogP contribution in [-0.2, 0) is 17.4 Å². The maximum atomic E-state index is 16.1. The van der Waals surface area contributed by atoms with Gasteiger partial charge in [0.2, 0.25) is 0 Å². The summed E-state index contributed by atoms with van der Waals surface area (Å²) in [5.74, 6) is -0.508. The van der Waals surface area contributed by atoms with Crippen LogP contribution in [0.1, 0.15) is 47.9 Å². The van der Waals surface area contributed by atoms with Crippen LogP contribution in [0, 0.1) is 11.2 Å². The van der Waals surface area contributed by atoms with Gasteiger partial charge in [0.25, 0.3) is 5.91 Å². The summed E-state index contributed by atoms with van der Waals surface area (Å²) in [6, 6.07) is 17.9. The number of rotatable bonds is 5. The number of nitrogens with zero attached hydrogens (tertiary/aromatic N) is 2. The number of para-hydroxylation sites is 1. The Hall–Kier alpha value is -4.02. The van der Waals surface area contributed by atoms with Crippen molar-refractivity contribution in [2.75, 3.05) is 16.0 Å². The van der Waals surface area contributed by atoms with Gasteiger partial charge in [-0.15, -0.1) is 11.3 Å². The summed E-state index contributed by atoms with van der Waals surface area (Å²) < 4.78 is 36.0. The minimum atomic E-state index is -1.56. The van der Waals surface area contributed by atoms with Crippen LogP contribution < -0.4 is 15.0 Å². The Balaban J connectivity index is 1.51. The van der Waals surface area contributed by atoms with Crippen LogP contribution in [-0.4, -0.2) is 26.0 Å². The number of aromatic hydroxyl groups is 1. The van der Waals surface area contributed by atoms with Crippen molar-refractivity contribution >= 4 is 39.4 Å². The molecule has 210 valence electrons. The first-order chi connectivity index (χ1) is 19.7. The number of thiazole rings is 1. The summed E-state index contributed by atoms with van der Waals surface area (Å²) in [4.78, 5) is 20.1. The van der Waals surface area contributed by atoms with Crippen molar-refractivity contribution in [3.05, 3.63) is 111 Å². The Kier molecular flexibility index (Phi) is 7.13. The number of allylic oxidation sites excluding steroid dienone is 1. The Morgan fingerprint density at radius 2 is 2.00 bits per heavy atom. The Morgan fingerprint density at radius 1 is 1.20 bits per heavy atom. The van der Waals surface area contributed by atoms with Gasteiger partial charge in [-0.1, -0.05) is 50.2 Å². The molecule has 2 atom stereocenters. The van der Waals surface area contributed by atoms with E-state index in [1.807, 2.05) is 44.2 Å². The molecule has 2 aliphatic heterocycles. The van der Waals surface area contributed by atoms with Gasteiger partial charge >= 0.3 is 0 Å². The number of amides is 1. The van der Waals surface area contributed by atoms with E-state index >= 15 is 4.39 Å². The molecule has 0 spiro atoms. The van der Waals surface area contributed by atoms with Crippen molar-refractivity contribution in [3.63, 3.8) is 0 Å². The maximum Gasteiger partial charge on any atom is 0.278 e. The number of nitrogens with one attached hydrogen (secondary N) is 1. The van der Waals surface area contributed by atoms with Gasteiger partial charge in [0.05, 0.1) is 26.9 Å². The van der Waals surface area contributed by atoms with Crippen molar-refractivity contribution < 1.29 is 23.2 Å². The van der Waals surface area contributed by atoms with E-state index in [2.05, 4.69) is 10.3 Å². The van der Waals surface area contributed by atoms with Gasteiger partial charge in [-0.25, -0.2) is 9.37 Å². The minimum absolute atomic E-state index is 0.0784. The van der Waals surface area contributed by atoms with Crippen molar-refractivity contribution in [1.29, 1.82) is 0 Å². The molecule has 0 aliphatic carbocycles. The van der Waals surface area contributed by atoms with Gasteiger partial charge in [-0.2, -0.15) is 0 Å². The molecule has 7 nitrogen and oxygen atoms in total. The molecule has 3 heterocycles. The average molecular weight is 590 g/mol. The highest BCUT2D eigenvalue weighted by Gasteiger charge is 2.44. The second-order valence-electron chi connectivity index (χ2n) is 10.9. The molecular formula is C31H28FN3O4S2. The highest BCUT2D eigenvalue weighted by atomic mass is 32.2. The fourth-order valence-corrected chi connectivity index (χ4v) is 7.73. The molecule has 0 bridgehead atoms. The van der Waals surface area contributed by atoms with Crippen molar-refractivity contribution in [2.24, 2.45) is 5.41 Å². The van der Waals surface area contributed by atoms with E-state index in [-0.39, 0.29) is 29.0 Å². The summed E-state index contributed by atoms with van der Waals surface area (Å²) in [5, 5.41) is 15.8. The molecule has 4 aromatic rings. The van der Waals surface area contributed by atoms with Crippen molar-refractivity contribution in [3.8, 4) is 11.5 Å². The standard InChI is InChI=1S/C31H28FN3O4S2/c1-31(2)14-23-29(41(38)17-31)28(21-12-11-20(13-22(21)32)39-15-19-7-4-3-5-8-19)35(30(37)24-16-40-18-33-24)25-9-6-10-26(36)27(25)34-23/h3-13,16,18,28,34,36H,14-15,17H2,1-2H3. The normalized spacial score (nSPS) is 19.5. The third-order valence-electron chi connectivity index (χ3n) is 7.17. The Labute approximate surface area is 243 Å². The van der Waals surface area contributed by atoms with E-state index in [1.165, 1.54) is 28.4 Å². The van der Waals surface area contributed by atoms with Crippen LogP contribution in [0.2, 0.25) is 0 Å². The summed E-state index contributed by atoms with van der Waals surface area (Å²) in [6.45, 7) is 4.29. The van der Waals surface area contributed by atoms with Crippen LogP contribution in [0.25, 0.3) is 0 Å².